The highest BCUT2D eigenvalue weighted by Gasteiger charge is 2.32. The number of amides is 2. The molecule has 7 heteroatoms. The zero-order chi connectivity index (χ0) is 21.5. The summed E-state index contributed by atoms with van der Waals surface area (Å²) in [7, 11) is 0. The molecule has 1 fully saturated rings. The lowest BCUT2D eigenvalue weighted by molar-refractivity contribution is -0.128. The third-order valence-electron chi connectivity index (χ3n) is 4.90. The van der Waals surface area contributed by atoms with Crippen molar-refractivity contribution in [2.24, 2.45) is 0 Å². The Balaban J connectivity index is 1.32. The van der Waals surface area contributed by atoms with E-state index in [1.807, 2.05) is 77.7 Å². The molecule has 0 spiro atoms. The third-order valence-corrected chi connectivity index (χ3v) is 7.10. The van der Waals surface area contributed by atoms with E-state index >= 15 is 0 Å². The van der Waals surface area contributed by atoms with Crippen molar-refractivity contribution < 1.29 is 9.59 Å². The van der Waals surface area contributed by atoms with E-state index in [1.54, 1.807) is 29.7 Å². The minimum atomic E-state index is -0.0931. The first-order chi connectivity index (χ1) is 15.2. The Kier molecular flexibility index (Phi) is 7.27. The Morgan fingerprint density at radius 2 is 1.84 bits per heavy atom. The van der Waals surface area contributed by atoms with Crippen molar-refractivity contribution in [1.82, 2.24) is 15.2 Å². The van der Waals surface area contributed by atoms with Gasteiger partial charge in [-0.25, -0.2) is 4.98 Å². The summed E-state index contributed by atoms with van der Waals surface area (Å²) in [5.41, 5.74) is 2.77. The van der Waals surface area contributed by atoms with E-state index in [2.05, 4.69) is 10.3 Å². The number of carbonyl (C=O) groups is 2. The molecule has 1 atom stereocenters. The second-order valence-corrected chi connectivity index (χ2v) is 9.25. The average Bonchev–Trinajstić information content (AvgIpc) is 3.18. The predicted octanol–water partition coefficient (Wildman–Crippen LogP) is 4.38. The summed E-state index contributed by atoms with van der Waals surface area (Å²) in [6.07, 6.45) is 1.76. The van der Waals surface area contributed by atoms with Gasteiger partial charge >= 0.3 is 0 Å². The lowest BCUT2D eigenvalue weighted by atomic mass is 10.1. The molecule has 3 aromatic rings. The van der Waals surface area contributed by atoms with Crippen molar-refractivity contribution in [3.8, 4) is 0 Å². The van der Waals surface area contributed by atoms with E-state index in [-0.39, 0.29) is 17.2 Å². The van der Waals surface area contributed by atoms with Crippen LogP contribution < -0.4 is 5.32 Å². The van der Waals surface area contributed by atoms with Crippen LogP contribution in [0.25, 0.3) is 0 Å². The number of pyridine rings is 1. The van der Waals surface area contributed by atoms with Crippen molar-refractivity contribution in [3.63, 3.8) is 0 Å². The molecule has 5 nitrogen and oxygen atoms in total. The van der Waals surface area contributed by atoms with Crippen LogP contribution in [-0.2, 0) is 11.3 Å². The zero-order valence-electron chi connectivity index (χ0n) is 16.9. The van der Waals surface area contributed by atoms with Crippen LogP contribution in [-0.4, -0.2) is 39.7 Å². The van der Waals surface area contributed by atoms with E-state index in [9.17, 15) is 9.59 Å². The maximum Gasteiger partial charge on any atom is 0.251 e. The minimum Gasteiger partial charge on any atom is -0.351 e. The molecule has 1 aliphatic heterocycles. The van der Waals surface area contributed by atoms with Crippen LogP contribution >= 0.6 is 23.5 Å². The number of hydrogen-bond acceptors (Lipinski definition) is 5. The fraction of sp³-hybridized carbons (Fsp3) is 0.208. The maximum atomic E-state index is 12.4. The van der Waals surface area contributed by atoms with Gasteiger partial charge in [-0.05, 0) is 35.4 Å². The van der Waals surface area contributed by atoms with E-state index in [4.69, 9.17) is 0 Å². The molecular formula is C24H23N3O2S2. The van der Waals surface area contributed by atoms with Crippen LogP contribution in [0.2, 0.25) is 0 Å². The zero-order valence-corrected chi connectivity index (χ0v) is 18.6. The van der Waals surface area contributed by atoms with E-state index in [0.717, 1.165) is 21.9 Å². The molecule has 0 aliphatic carbocycles. The molecule has 2 amide bonds. The third kappa shape index (κ3) is 5.68. The van der Waals surface area contributed by atoms with E-state index in [1.165, 1.54) is 0 Å². The first kappa shape index (κ1) is 21.5. The summed E-state index contributed by atoms with van der Waals surface area (Å²) in [4.78, 5) is 31.0. The van der Waals surface area contributed by atoms with Gasteiger partial charge in [-0.2, -0.15) is 0 Å². The summed E-state index contributed by atoms with van der Waals surface area (Å²) in [5, 5.41) is 3.87. The van der Waals surface area contributed by atoms with Gasteiger partial charge in [0.1, 0.15) is 5.37 Å². The summed E-state index contributed by atoms with van der Waals surface area (Å²) in [6, 6.07) is 23.4. The van der Waals surface area contributed by atoms with Gasteiger partial charge in [0, 0.05) is 30.6 Å². The highest BCUT2D eigenvalue weighted by molar-refractivity contribution is 8.00. The number of hydrogen-bond donors (Lipinski definition) is 1. The number of thioether (sulfide) groups is 2. The van der Waals surface area contributed by atoms with Gasteiger partial charge in [-0.15, -0.1) is 23.5 Å². The van der Waals surface area contributed by atoms with Crippen LogP contribution in [0.3, 0.4) is 0 Å². The Hall–Kier alpha value is -2.77. The Bertz CT molecular complexity index is 1010. The van der Waals surface area contributed by atoms with Gasteiger partial charge < -0.3 is 10.2 Å². The van der Waals surface area contributed by atoms with Gasteiger partial charge in [-0.3, -0.25) is 9.59 Å². The SMILES string of the molecule is O=C(NCCSc1ccccn1)c1ccc([C@@H]2SCC(=O)N2Cc2ccccc2)cc1. The molecule has 0 bridgehead atoms. The largest absolute Gasteiger partial charge is 0.351 e. The molecule has 0 saturated carbocycles. The Morgan fingerprint density at radius 3 is 2.58 bits per heavy atom. The summed E-state index contributed by atoms with van der Waals surface area (Å²) < 4.78 is 0. The summed E-state index contributed by atoms with van der Waals surface area (Å²) in [5.74, 6) is 1.29. The maximum absolute atomic E-state index is 12.4. The number of benzene rings is 2. The van der Waals surface area contributed by atoms with E-state index < -0.39 is 0 Å². The number of carbonyl (C=O) groups excluding carboxylic acids is 2. The van der Waals surface area contributed by atoms with Gasteiger partial charge in [-0.1, -0.05) is 48.5 Å². The van der Waals surface area contributed by atoms with Crippen molar-refractivity contribution in [2.45, 2.75) is 16.9 Å². The molecule has 1 aromatic heterocycles. The van der Waals surface area contributed by atoms with Crippen LogP contribution in [0.15, 0.2) is 84.0 Å². The summed E-state index contributed by atoms with van der Waals surface area (Å²) in [6.45, 7) is 1.16. The van der Waals surface area contributed by atoms with Crippen LogP contribution in [0.4, 0.5) is 0 Å². The Morgan fingerprint density at radius 1 is 1.06 bits per heavy atom. The quantitative estimate of drug-likeness (QED) is 0.409. The molecular weight excluding hydrogens is 426 g/mol. The topological polar surface area (TPSA) is 62.3 Å². The normalized spacial score (nSPS) is 15.8. The number of rotatable bonds is 8. The van der Waals surface area contributed by atoms with Gasteiger partial charge in [0.05, 0.1) is 10.8 Å². The number of aromatic nitrogens is 1. The molecule has 0 radical (unpaired) electrons. The molecule has 0 unspecified atom stereocenters. The predicted molar refractivity (Wildman–Crippen MR) is 126 cm³/mol. The van der Waals surface area contributed by atoms with Crippen LogP contribution in [0.5, 0.6) is 0 Å². The van der Waals surface area contributed by atoms with Crippen molar-refractivity contribution in [3.05, 3.63) is 95.7 Å². The molecule has 31 heavy (non-hydrogen) atoms. The fourth-order valence-corrected chi connectivity index (χ4v) is 5.25. The second kappa shape index (κ2) is 10.5. The highest BCUT2D eigenvalue weighted by Crippen LogP contribution is 2.39. The standard InChI is InChI=1S/C24H23N3O2S2/c28-22-17-31-24(27(22)16-18-6-2-1-3-7-18)20-11-9-19(10-12-20)23(29)26-14-15-30-21-8-4-5-13-25-21/h1-13,24H,14-17H2,(H,26,29)/t24-/m0/s1. The smallest absolute Gasteiger partial charge is 0.251 e. The van der Waals surface area contributed by atoms with E-state index in [0.29, 0.717) is 24.4 Å². The Labute approximate surface area is 190 Å². The first-order valence-corrected chi connectivity index (χ1v) is 12.1. The lowest BCUT2D eigenvalue weighted by Gasteiger charge is -2.24. The van der Waals surface area contributed by atoms with Crippen molar-refractivity contribution >= 4 is 35.3 Å². The first-order valence-electron chi connectivity index (χ1n) is 10.1. The number of nitrogens with one attached hydrogen (secondary N) is 1. The van der Waals surface area contributed by atoms with Gasteiger partial charge in [0.25, 0.3) is 5.91 Å². The molecule has 4 rings (SSSR count). The van der Waals surface area contributed by atoms with Gasteiger partial charge in [0.2, 0.25) is 5.91 Å². The molecule has 1 saturated heterocycles. The minimum absolute atomic E-state index is 0.0282. The van der Waals surface area contributed by atoms with Crippen LogP contribution in [0, 0.1) is 0 Å². The lowest BCUT2D eigenvalue weighted by Crippen LogP contribution is -2.28. The second-order valence-electron chi connectivity index (χ2n) is 7.06. The highest BCUT2D eigenvalue weighted by atomic mass is 32.2. The molecule has 1 N–H and O–H groups in total. The van der Waals surface area contributed by atoms with Crippen molar-refractivity contribution in [2.75, 3.05) is 18.1 Å². The summed E-state index contributed by atoms with van der Waals surface area (Å²) >= 11 is 3.24. The average molecular weight is 450 g/mol. The fourth-order valence-electron chi connectivity index (χ4n) is 3.34. The van der Waals surface area contributed by atoms with Crippen LogP contribution in [0.1, 0.15) is 26.9 Å². The molecule has 2 aromatic carbocycles. The van der Waals surface area contributed by atoms with Gasteiger partial charge in [0.15, 0.2) is 0 Å². The molecule has 1 aliphatic rings. The van der Waals surface area contributed by atoms with Crippen molar-refractivity contribution in [1.29, 1.82) is 0 Å². The monoisotopic (exact) mass is 449 g/mol. The molecule has 2 heterocycles. The molecule has 158 valence electrons. The number of nitrogens with zero attached hydrogens (tertiary/aromatic N) is 2.